The number of benzene rings is 7. The normalized spacial score (nSPS) is 13.6. The highest BCUT2D eigenvalue weighted by atomic mass is 32.2. The van der Waals surface area contributed by atoms with Crippen LogP contribution in [0.15, 0.2) is 174 Å². The Morgan fingerprint density at radius 2 is 1.17 bits per heavy atom. The maximum atomic E-state index is 6.16. The third-order valence-electron chi connectivity index (χ3n) is 10.0. The van der Waals surface area contributed by atoms with Gasteiger partial charge in [0.15, 0.2) is 0 Å². The molecule has 8 aromatic rings. The number of aromatic nitrogens is 2. The molecule has 2 heterocycles. The summed E-state index contributed by atoms with van der Waals surface area (Å²) in [6, 6.07) is 59.0. The molecule has 1 aromatic heterocycles. The topological polar surface area (TPSA) is 43.8 Å². The molecule has 1 spiro atoms. The first-order valence-corrected chi connectivity index (χ1v) is 17.1. The van der Waals surface area contributed by atoms with Gasteiger partial charge in [-0.3, -0.25) is 4.57 Å². The Hall–Kier alpha value is -5.84. The van der Waals surface area contributed by atoms with Crippen molar-refractivity contribution in [2.75, 3.05) is 5.73 Å². The van der Waals surface area contributed by atoms with Crippen LogP contribution in [0.3, 0.4) is 0 Å². The van der Waals surface area contributed by atoms with Gasteiger partial charge in [0, 0.05) is 26.7 Å². The summed E-state index contributed by atoms with van der Waals surface area (Å²) in [5.74, 6) is 0.932. The monoisotopic (exact) mass is 631 g/mol. The summed E-state index contributed by atoms with van der Waals surface area (Å²) in [5.41, 5.74) is 20.8. The second-order valence-electron chi connectivity index (χ2n) is 12.5. The van der Waals surface area contributed by atoms with Crippen molar-refractivity contribution < 1.29 is 0 Å². The fraction of sp³-hybridized carbons (Fsp3) is 0.0227. The predicted molar refractivity (Wildman–Crippen MR) is 198 cm³/mol. The van der Waals surface area contributed by atoms with Crippen LogP contribution in [0.5, 0.6) is 0 Å². The lowest BCUT2D eigenvalue weighted by Gasteiger charge is -2.39. The number of imidazole rings is 1. The third kappa shape index (κ3) is 3.75. The van der Waals surface area contributed by atoms with Crippen LogP contribution in [-0.4, -0.2) is 9.55 Å². The first-order chi connectivity index (χ1) is 23.7. The molecule has 226 valence electrons. The van der Waals surface area contributed by atoms with E-state index in [-0.39, 0.29) is 0 Å². The molecule has 0 radical (unpaired) electrons. The van der Waals surface area contributed by atoms with Gasteiger partial charge < -0.3 is 5.73 Å². The summed E-state index contributed by atoms with van der Waals surface area (Å²) < 4.78 is 2.30. The van der Waals surface area contributed by atoms with Crippen molar-refractivity contribution in [3.05, 3.63) is 186 Å². The largest absolute Gasteiger partial charge is 0.399 e. The predicted octanol–water partition coefficient (Wildman–Crippen LogP) is 10.8. The lowest BCUT2D eigenvalue weighted by molar-refractivity contribution is 0.722. The van der Waals surface area contributed by atoms with E-state index < -0.39 is 5.41 Å². The number of nitrogens with two attached hydrogens (primary N) is 1. The molecule has 48 heavy (non-hydrogen) atoms. The molecule has 0 saturated carbocycles. The average Bonchev–Trinajstić information content (AvgIpc) is 3.67. The number of fused-ring (bicyclic) bond motifs is 10. The van der Waals surface area contributed by atoms with Gasteiger partial charge in [-0.15, -0.1) is 0 Å². The van der Waals surface area contributed by atoms with Gasteiger partial charge in [0.25, 0.3) is 0 Å². The molecular formula is C44H29N3S. The highest BCUT2D eigenvalue weighted by molar-refractivity contribution is 7.99. The van der Waals surface area contributed by atoms with Crippen LogP contribution < -0.4 is 5.73 Å². The van der Waals surface area contributed by atoms with Gasteiger partial charge >= 0.3 is 0 Å². The minimum atomic E-state index is -0.507. The Balaban J connectivity index is 1.33. The number of nitrogen functional groups attached to an aromatic ring is 1. The maximum Gasteiger partial charge on any atom is 0.145 e. The van der Waals surface area contributed by atoms with Crippen LogP contribution >= 0.6 is 11.8 Å². The average molecular weight is 632 g/mol. The molecule has 0 amide bonds. The Bertz CT molecular complexity index is 2500. The Kier molecular flexibility index (Phi) is 5.87. The molecule has 0 unspecified atom stereocenters. The van der Waals surface area contributed by atoms with Crippen molar-refractivity contribution in [1.82, 2.24) is 9.55 Å². The molecule has 0 saturated heterocycles. The van der Waals surface area contributed by atoms with Gasteiger partial charge in [-0.1, -0.05) is 121 Å². The van der Waals surface area contributed by atoms with Crippen LogP contribution in [-0.2, 0) is 5.41 Å². The first-order valence-electron chi connectivity index (χ1n) is 16.3. The molecule has 0 fully saturated rings. The summed E-state index contributed by atoms with van der Waals surface area (Å²) in [4.78, 5) is 7.85. The van der Waals surface area contributed by atoms with Crippen molar-refractivity contribution in [2.24, 2.45) is 0 Å². The summed E-state index contributed by atoms with van der Waals surface area (Å²) in [6.45, 7) is 0. The van der Waals surface area contributed by atoms with Gasteiger partial charge in [-0.05, 0) is 99.1 Å². The third-order valence-corrected chi connectivity index (χ3v) is 11.2. The molecule has 0 atom stereocenters. The number of hydrogen-bond donors (Lipinski definition) is 1. The van der Waals surface area contributed by atoms with E-state index in [0.29, 0.717) is 0 Å². The van der Waals surface area contributed by atoms with Crippen molar-refractivity contribution in [1.29, 1.82) is 0 Å². The van der Waals surface area contributed by atoms with Gasteiger partial charge in [0.2, 0.25) is 0 Å². The van der Waals surface area contributed by atoms with E-state index in [1.54, 1.807) is 0 Å². The Morgan fingerprint density at radius 1 is 0.521 bits per heavy atom. The van der Waals surface area contributed by atoms with E-state index >= 15 is 0 Å². The van der Waals surface area contributed by atoms with Crippen LogP contribution in [0.1, 0.15) is 22.3 Å². The summed E-state index contributed by atoms with van der Waals surface area (Å²) >= 11 is 1.87. The Labute approximate surface area is 283 Å². The Morgan fingerprint density at radius 3 is 1.94 bits per heavy atom. The highest BCUT2D eigenvalue weighted by Gasteiger charge is 2.51. The van der Waals surface area contributed by atoms with Crippen LogP contribution in [0, 0.1) is 0 Å². The van der Waals surface area contributed by atoms with E-state index in [1.165, 1.54) is 48.7 Å². The SMILES string of the molecule is Nc1ccc(-c2cccc3c2-c2ccc(-c4nc5ccccc5n4-c4ccccc4)cc2C32c3ccccc3Sc3ccccc32)cc1. The fourth-order valence-corrected chi connectivity index (χ4v) is 9.24. The first kappa shape index (κ1) is 27.3. The molecule has 1 aliphatic carbocycles. The fourth-order valence-electron chi connectivity index (χ4n) is 8.05. The molecule has 1 aliphatic heterocycles. The van der Waals surface area contributed by atoms with Crippen LogP contribution in [0.4, 0.5) is 5.69 Å². The van der Waals surface area contributed by atoms with Crippen LogP contribution in [0.25, 0.3) is 50.4 Å². The van der Waals surface area contributed by atoms with E-state index in [1.807, 2.05) is 23.9 Å². The maximum absolute atomic E-state index is 6.16. The van der Waals surface area contributed by atoms with Crippen molar-refractivity contribution in [3.63, 3.8) is 0 Å². The summed E-state index contributed by atoms with van der Waals surface area (Å²) in [5, 5.41) is 0. The molecule has 0 bridgehead atoms. The van der Waals surface area contributed by atoms with E-state index in [0.717, 1.165) is 39.4 Å². The smallest absolute Gasteiger partial charge is 0.145 e. The standard InChI is InChI=1S/C44H29N3S/c45-30-24-21-28(22-25-30)32-13-10-16-36-42(32)33-26-23-29(43-46-38-17-6-7-18-39(38)47(43)31-11-2-1-3-12-31)27-37(33)44(36)34-14-4-8-19-40(34)48-41-20-9-5-15-35(41)44/h1-27H,45H2. The van der Waals surface area contributed by atoms with Crippen molar-refractivity contribution in [3.8, 4) is 39.3 Å². The molecule has 2 N–H and O–H groups in total. The molecule has 10 rings (SSSR count). The number of para-hydroxylation sites is 3. The zero-order valence-corrected chi connectivity index (χ0v) is 26.8. The van der Waals surface area contributed by atoms with Gasteiger partial charge in [-0.2, -0.15) is 0 Å². The minimum Gasteiger partial charge on any atom is -0.399 e. The number of rotatable bonds is 3. The molecule has 7 aromatic carbocycles. The van der Waals surface area contributed by atoms with E-state index in [2.05, 4.69) is 156 Å². The number of anilines is 1. The summed E-state index contributed by atoms with van der Waals surface area (Å²) in [7, 11) is 0. The number of hydrogen-bond acceptors (Lipinski definition) is 3. The minimum absolute atomic E-state index is 0.507. The quantitative estimate of drug-likeness (QED) is 0.197. The second kappa shape index (κ2) is 10.3. The second-order valence-corrected chi connectivity index (χ2v) is 13.6. The zero-order chi connectivity index (χ0) is 31.8. The molecule has 2 aliphatic rings. The zero-order valence-electron chi connectivity index (χ0n) is 26.0. The lowest BCUT2D eigenvalue weighted by atomic mass is 9.67. The lowest BCUT2D eigenvalue weighted by Crippen LogP contribution is -2.32. The highest BCUT2D eigenvalue weighted by Crippen LogP contribution is 2.63. The van der Waals surface area contributed by atoms with Crippen molar-refractivity contribution >= 4 is 28.5 Å². The summed E-state index contributed by atoms with van der Waals surface area (Å²) in [6.07, 6.45) is 0. The van der Waals surface area contributed by atoms with Crippen LogP contribution in [0.2, 0.25) is 0 Å². The van der Waals surface area contributed by atoms with Gasteiger partial charge in [0.1, 0.15) is 5.82 Å². The van der Waals surface area contributed by atoms with Gasteiger partial charge in [-0.25, -0.2) is 4.98 Å². The van der Waals surface area contributed by atoms with E-state index in [4.69, 9.17) is 10.7 Å². The molecule has 3 nitrogen and oxygen atoms in total. The molecular weight excluding hydrogens is 603 g/mol. The number of nitrogens with zero attached hydrogens (tertiary/aromatic N) is 2. The van der Waals surface area contributed by atoms with Crippen molar-refractivity contribution in [2.45, 2.75) is 15.2 Å². The van der Waals surface area contributed by atoms with E-state index in [9.17, 15) is 0 Å². The van der Waals surface area contributed by atoms with Gasteiger partial charge in [0.05, 0.1) is 16.4 Å². The molecule has 4 heteroatoms.